The topological polar surface area (TPSA) is 62.1 Å². The van der Waals surface area contributed by atoms with Crippen molar-refractivity contribution in [3.8, 4) is 11.3 Å². The largest absolute Gasteiger partial charge is 0.396 e. The van der Waals surface area contributed by atoms with Gasteiger partial charge in [0.1, 0.15) is 0 Å². The van der Waals surface area contributed by atoms with Gasteiger partial charge in [-0.2, -0.15) is 0 Å². The number of carbonyl (C=O) groups is 1. The Labute approximate surface area is 131 Å². The lowest BCUT2D eigenvalue weighted by atomic mass is 10.1. The first-order valence-electron chi connectivity index (χ1n) is 6.92. The van der Waals surface area contributed by atoms with Crippen LogP contribution >= 0.6 is 12.4 Å². The zero-order valence-corrected chi connectivity index (χ0v) is 13.5. The molecule has 3 N–H and O–H groups in total. The first kappa shape index (κ1) is 17.1. The first-order valence-corrected chi connectivity index (χ1v) is 6.92. The Morgan fingerprint density at radius 2 is 1.76 bits per heavy atom. The molecule has 114 valence electrons. The summed E-state index contributed by atoms with van der Waals surface area (Å²) in [6.07, 6.45) is 0. The molecule has 2 aromatic rings. The zero-order valence-electron chi connectivity index (χ0n) is 12.6. The van der Waals surface area contributed by atoms with E-state index in [2.05, 4.69) is 4.98 Å². The number of hydrogen-bond donors (Lipinski definition) is 2. The lowest BCUT2D eigenvalue weighted by molar-refractivity contribution is 0.0773. The highest BCUT2D eigenvalue weighted by Crippen LogP contribution is 2.31. The highest BCUT2D eigenvalue weighted by molar-refractivity contribution is 6.03. The second kappa shape index (κ2) is 7.18. The van der Waals surface area contributed by atoms with Crippen LogP contribution in [0.15, 0.2) is 30.3 Å². The predicted octanol–water partition coefficient (Wildman–Crippen LogP) is 3.48. The number of nitrogens with one attached hydrogen (secondary N) is 1. The molecule has 2 rings (SSSR count). The molecule has 1 aromatic carbocycles. The van der Waals surface area contributed by atoms with Crippen molar-refractivity contribution < 1.29 is 4.79 Å². The molecule has 21 heavy (non-hydrogen) atoms. The van der Waals surface area contributed by atoms with E-state index in [0.29, 0.717) is 24.3 Å². The molecule has 4 nitrogen and oxygen atoms in total. The number of nitrogens with zero attached hydrogens (tertiary/aromatic N) is 1. The molecular formula is C16H22ClN3O. The van der Waals surface area contributed by atoms with Crippen LogP contribution in [-0.2, 0) is 0 Å². The van der Waals surface area contributed by atoms with Crippen LogP contribution in [0.25, 0.3) is 11.3 Å². The molecule has 1 amide bonds. The lowest BCUT2D eigenvalue weighted by Crippen LogP contribution is -2.31. The minimum absolute atomic E-state index is 0. The normalized spacial score (nSPS) is 10.0. The van der Waals surface area contributed by atoms with Crippen LogP contribution in [-0.4, -0.2) is 28.9 Å². The molecule has 1 heterocycles. The van der Waals surface area contributed by atoms with E-state index in [4.69, 9.17) is 5.73 Å². The van der Waals surface area contributed by atoms with Gasteiger partial charge >= 0.3 is 0 Å². The van der Waals surface area contributed by atoms with Crippen LogP contribution in [0.2, 0.25) is 0 Å². The number of halogens is 1. The average molecular weight is 308 g/mol. The number of nitrogen functional groups attached to an aromatic ring is 1. The third-order valence-electron chi connectivity index (χ3n) is 3.55. The summed E-state index contributed by atoms with van der Waals surface area (Å²) in [5.41, 5.74) is 9.96. The molecule has 5 heteroatoms. The van der Waals surface area contributed by atoms with Crippen molar-refractivity contribution in [3.63, 3.8) is 0 Å². The highest BCUT2D eigenvalue weighted by Gasteiger charge is 2.22. The fourth-order valence-electron chi connectivity index (χ4n) is 2.42. The Bertz CT molecular complexity index is 603. The third kappa shape index (κ3) is 3.22. The Balaban J connectivity index is 0.00000220. The van der Waals surface area contributed by atoms with Crippen LogP contribution < -0.4 is 5.73 Å². The Kier molecular flexibility index (Phi) is 5.85. The number of nitrogens with two attached hydrogens (primary N) is 1. The van der Waals surface area contributed by atoms with Gasteiger partial charge in [-0.05, 0) is 20.8 Å². The highest BCUT2D eigenvalue weighted by atomic mass is 35.5. The molecule has 0 aliphatic rings. The maximum Gasteiger partial charge on any atom is 0.257 e. The Morgan fingerprint density at radius 1 is 1.19 bits per heavy atom. The van der Waals surface area contributed by atoms with Gasteiger partial charge in [-0.15, -0.1) is 12.4 Å². The number of anilines is 1. The SMILES string of the molecule is CCN(CC)C(=O)c1c(C)[nH]c(-c2ccccc2)c1N.Cl. The summed E-state index contributed by atoms with van der Waals surface area (Å²) in [5, 5.41) is 0. The molecule has 0 fully saturated rings. The number of aromatic nitrogens is 1. The van der Waals surface area contributed by atoms with Crippen LogP contribution in [0, 0.1) is 6.92 Å². The van der Waals surface area contributed by atoms with E-state index in [-0.39, 0.29) is 18.3 Å². The standard InChI is InChI=1S/C16H21N3O.ClH/c1-4-19(5-2)16(20)13-11(3)18-15(14(13)17)12-9-7-6-8-10-12;/h6-10,18H,4-5,17H2,1-3H3;1H. The summed E-state index contributed by atoms with van der Waals surface area (Å²) < 4.78 is 0. The third-order valence-corrected chi connectivity index (χ3v) is 3.55. The summed E-state index contributed by atoms with van der Waals surface area (Å²) in [6.45, 7) is 7.19. The summed E-state index contributed by atoms with van der Waals surface area (Å²) in [4.78, 5) is 17.5. The van der Waals surface area contributed by atoms with E-state index in [9.17, 15) is 4.79 Å². The number of amides is 1. The fraction of sp³-hybridized carbons (Fsp3) is 0.312. The van der Waals surface area contributed by atoms with Crippen LogP contribution in [0.1, 0.15) is 29.9 Å². The van der Waals surface area contributed by atoms with Crippen molar-refractivity contribution in [1.29, 1.82) is 0 Å². The number of H-pyrrole nitrogens is 1. The maximum atomic E-state index is 12.5. The van der Waals surface area contributed by atoms with E-state index in [1.807, 2.05) is 51.1 Å². The molecule has 0 unspecified atom stereocenters. The molecule has 0 radical (unpaired) electrons. The lowest BCUT2D eigenvalue weighted by Gasteiger charge is -2.18. The molecule has 0 aliphatic carbocycles. The van der Waals surface area contributed by atoms with Gasteiger partial charge in [0.05, 0.1) is 16.9 Å². The number of aryl methyl sites for hydroxylation is 1. The number of rotatable bonds is 4. The summed E-state index contributed by atoms with van der Waals surface area (Å²) in [7, 11) is 0. The van der Waals surface area contributed by atoms with Crippen molar-refractivity contribution in [3.05, 3.63) is 41.6 Å². The number of aromatic amines is 1. The molecule has 0 saturated heterocycles. The second-order valence-electron chi connectivity index (χ2n) is 4.76. The smallest absolute Gasteiger partial charge is 0.257 e. The van der Waals surface area contributed by atoms with Gasteiger partial charge in [0.25, 0.3) is 5.91 Å². The van der Waals surface area contributed by atoms with Crippen molar-refractivity contribution >= 4 is 24.0 Å². The van der Waals surface area contributed by atoms with Gasteiger partial charge in [-0.25, -0.2) is 0 Å². The average Bonchev–Trinajstić information content (AvgIpc) is 2.76. The van der Waals surface area contributed by atoms with E-state index < -0.39 is 0 Å². The van der Waals surface area contributed by atoms with Gasteiger partial charge in [0.15, 0.2) is 0 Å². The zero-order chi connectivity index (χ0) is 14.7. The van der Waals surface area contributed by atoms with Crippen molar-refractivity contribution in [2.75, 3.05) is 18.8 Å². The molecular weight excluding hydrogens is 286 g/mol. The monoisotopic (exact) mass is 307 g/mol. The first-order chi connectivity index (χ1) is 9.60. The van der Waals surface area contributed by atoms with Crippen LogP contribution in [0.3, 0.4) is 0 Å². The minimum atomic E-state index is -0.0107. The number of carbonyl (C=O) groups excluding carboxylic acids is 1. The van der Waals surface area contributed by atoms with E-state index >= 15 is 0 Å². The molecule has 1 aromatic heterocycles. The number of benzene rings is 1. The summed E-state index contributed by atoms with van der Waals surface area (Å²) in [6, 6.07) is 9.83. The molecule has 0 aliphatic heterocycles. The second-order valence-corrected chi connectivity index (χ2v) is 4.76. The van der Waals surface area contributed by atoms with Gasteiger partial charge in [0, 0.05) is 24.3 Å². The minimum Gasteiger partial charge on any atom is -0.396 e. The van der Waals surface area contributed by atoms with Crippen molar-refractivity contribution in [2.45, 2.75) is 20.8 Å². The number of hydrogen-bond acceptors (Lipinski definition) is 2. The molecule has 0 spiro atoms. The van der Waals surface area contributed by atoms with Gasteiger partial charge < -0.3 is 15.6 Å². The fourth-order valence-corrected chi connectivity index (χ4v) is 2.42. The predicted molar refractivity (Wildman–Crippen MR) is 89.9 cm³/mol. The molecule has 0 bridgehead atoms. The maximum absolute atomic E-state index is 12.5. The van der Waals surface area contributed by atoms with E-state index in [1.54, 1.807) is 4.90 Å². The summed E-state index contributed by atoms with van der Waals surface area (Å²) >= 11 is 0. The molecule has 0 atom stereocenters. The Morgan fingerprint density at radius 3 is 2.29 bits per heavy atom. The van der Waals surface area contributed by atoms with Gasteiger partial charge in [0.2, 0.25) is 0 Å². The Hall–Kier alpha value is -1.94. The molecule has 0 saturated carbocycles. The van der Waals surface area contributed by atoms with E-state index in [1.165, 1.54) is 0 Å². The van der Waals surface area contributed by atoms with Crippen molar-refractivity contribution in [1.82, 2.24) is 9.88 Å². The summed E-state index contributed by atoms with van der Waals surface area (Å²) in [5.74, 6) is -0.0107. The van der Waals surface area contributed by atoms with Crippen molar-refractivity contribution in [2.24, 2.45) is 0 Å². The van der Waals surface area contributed by atoms with Gasteiger partial charge in [-0.3, -0.25) is 4.79 Å². The van der Waals surface area contributed by atoms with Crippen LogP contribution in [0.5, 0.6) is 0 Å². The quantitative estimate of drug-likeness (QED) is 0.908. The van der Waals surface area contributed by atoms with Crippen LogP contribution in [0.4, 0.5) is 5.69 Å². The van der Waals surface area contributed by atoms with E-state index in [0.717, 1.165) is 17.0 Å². The van der Waals surface area contributed by atoms with Gasteiger partial charge in [-0.1, -0.05) is 30.3 Å².